The fourth-order valence-electron chi connectivity index (χ4n) is 2.31. The van der Waals surface area contributed by atoms with E-state index in [0.29, 0.717) is 11.5 Å². The Morgan fingerprint density at radius 3 is 2.29 bits per heavy atom. The third-order valence-corrected chi connectivity index (χ3v) is 3.35. The zero-order chi connectivity index (χ0) is 12.6. The Morgan fingerprint density at radius 2 is 1.65 bits per heavy atom. The Kier molecular flexibility index (Phi) is 7.14. The predicted molar refractivity (Wildman–Crippen MR) is 72.3 cm³/mol. The molecule has 0 bridgehead atoms. The molecular formula is C15H30O2. The third kappa shape index (κ3) is 8.62. The molecule has 1 fully saturated rings. The van der Waals surface area contributed by atoms with Crippen LogP contribution >= 0.6 is 0 Å². The highest BCUT2D eigenvalue weighted by atomic mass is 16.5. The summed E-state index contributed by atoms with van der Waals surface area (Å²) in [7, 11) is 0. The maximum atomic E-state index is 5.81. The topological polar surface area (TPSA) is 18.5 Å². The van der Waals surface area contributed by atoms with E-state index in [0.717, 1.165) is 26.2 Å². The van der Waals surface area contributed by atoms with Crippen molar-refractivity contribution in [3.8, 4) is 0 Å². The van der Waals surface area contributed by atoms with Gasteiger partial charge in [-0.25, -0.2) is 0 Å². The summed E-state index contributed by atoms with van der Waals surface area (Å²) in [6.07, 6.45) is 9.50. The molecule has 1 saturated carbocycles. The van der Waals surface area contributed by atoms with Gasteiger partial charge in [0.25, 0.3) is 0 Å². The molecule has 1 aliphatic carbocycles. The molecule has 0 aliphatic heterocycles. The van der Waals surface area contributed by atoms with Crippen molar-refractivity contribution in [2.24, 2.45) is 5.41 Å². The number of rotatable bonds is 7. The van der Waals surface area contributed by atoms with Crippen molar-refractivity contribution < 1.29 is 9.47 Å². The van der Waals surface area contributed by atoms with Crippen LogP contribution in [0.15, 0.2) is 0 Å². The van der Waals surface area contributed by atoms with Gasteiger partial charge in [-0.2, -0.15) is 0 Å². The smallest absolute Gasteiger partial charge is 0.0704 e. The molecule has 0 N–H and O–H groups in total. The molecular weight excluding hydrogens is 212 g/mol. The van der Waals surface area contributed by atoms with Crippen LogP contribution in [0.5, 0.6) is 0 Å². The quantitative estimate of drug-likeness (QED) is 0.624. The van der Waals surface area contributed by atoms with Crippen LogP contribution in [0, 0.1) is 5.41 Å². The van der Waals surface area contributed by atoms with Gasteiger partial charge in [-0.1, -0.05) is 40.0 Å². The second-order valence-electron chi connectivity index (χ2n) is 6.41. The normalized spacial score (nSPS) is 18.5. The van der Waals surface area contributed by atoms with Crippen LogP contribution in [-0.2, 0) is 9.47 Å². The molecule has 0 unspecified atom stereocenters. The lowest BCUT2D eigenvalue weighted by Crippen LogP contribution is -2.19. The Hall–Kier alpha value is -0.0800. The van der Waals surface area contributed by atoms with Crippen molar-refractivity contribution in [2.45, 2.75) is 71.8 Å². The van der Waals surface area contributed by atoms with Crippen LogP contribution in [0.25, 0.3) is 0 Å². The number of hydrogen-bond donors (Lipinski definition) is 0. The van der Waals surface area contributed by atoms with E-state index in [-0.39, 0.29) is 0 Å². The van der Waals surface area contributed by atoms with Crippen molar-refractivity contribution in [1.82, 2.24) is 0 Å². The first-order valence-corrected chi connectivity index (χ1v) is 7.27. The van der Waals surface area contributed by atoms with Crippen LogP contribution in [-0.4, -0.2) is 25.9 Å². The minimum absolute atomic E-state index is 0.432. The minimum Gasteiger partial charge on any atom is -0.379 e. The lowest BCUT2D eigenvalue weighted by atomic mass is 9.91. The molecule has 0 heterocycles. The Bertz CT molecular complexity index is 178. The van der Waals surface area contributed by atoms with Gasteiger partial charge in [0.05, 0.1) is 19.3 Å². The number of ether oxygens (including phenoxy) is 2. The summed E-state index contributed by atoms with van der Waals surface area (Å²) in [5, 5.41) is 0. The zero-order valence-electron chi connectivity index (χ0n) is 12.0. The van der Waals surface area contributed by atoms with Crippen LogP contribution in [0.3, 0.4) is 0 Å². The fraction of sp³-hybridized carbons (Fsp3) is 1.00. The Labute approximate surface area is 107 Å². The molecule has 0 saturated heterocycles. The second kappa shape index (κ2) is 8.10. The van der Waals surface area contributed by atoms with E-state index in [4.69, 9.17) is 9.47 Å². The molecule has 17 heavy (non-hydrogen) atoms. The summed E-state index contributed by atoms with van der Waals surface area (Å²) in [6.45, 7) is 9.25. The molecule has 1 aliphatic rings. The first-order valence-electron chi connectivity index (χ1n) is 7.27. The van der Waals surface area contributed by atoms with Crippen LogP contribution in [0.1, 0.15) is 65.7 Å². The van der Waals surface area contributed by atoms with Gasteiger partial charge in [-0.05, 0) is 31.1 Å². The maximum Gasteiger partial charge on any atom is 0.0704 e. The highest BCUT2D eigenvalue weighted by molar-refractivity contribution is 4.65. The molecule has 0 amide bonds. The van der Waals surface area contributed by atoms with Gasteiger partial charge in [0.2, 0.25) is 0 Å². The summed E-state index contributed by atoms with van der Waals surface area (Å²) < 4.78 is 11.4. The minimum atomic E-state index is 0.432. The molecule has 2 nitrogen and oxygen atoms in total. The molecule has 102 valence electrons. The van der Waals surface area contributed by atoms with Gasteiger partial charge in [0.1, 0.15) is 0 Å². The summed E-state index contributed by atoms with van der Waals surface area (Å²) >= 11 is 0. The van der Waals surface area contributed by atoms with Gasteiger partial charge < -0.3 is 9.47 Å². The predicted octanol–water partition coefficient (Wildman–Crippen LogP) is 4.18. The molecule has 0 atom stereocenters. The van der Waals surface area contributed by atoms with E-state index in [2.05, 4.69) is 20.8 Å². The standard InChI is InChI=1S/C15H30O2/c1-15(2,3)10-7-11-16-12-13-17-14-8-5-4-6-9-14/h14H,4-13H2,1-3H3. The van der Waals surface area contributed by atoms with E-state index < -0.39 is 0 Å². The molecule has 0 aromatic carbocycles. The lowest BCUT2D eigenvalue weighted by molar-refractivity contribution is -0.0113. The van der Waals surface area contributed by atoms with E-state index in [1.165, 1.54) is 38.5 Å². The van der Waals surface area contributed by atoms with Crippen LogP contribution < -0.4 is 0 Å². The van der Waals surface area contributed by atoms with E-state index in [1.54, 1.807) is 0 Å². The Balaban J connectivity index is 1.84. The molecule has 0 spiro atoms. The van der Waals surface area contributed by atoms with Crippen molar-refractivity contribution in [1.29, 1.82) is 0 Å². The molecule has 0 radical (unpaired) electrons. The molecule has 1 rings (SSSR count). The average molecular weight is 242 g/mol. The molecule has 2 heteroatoms. The average Bonchev–Trinajstić information content (AvgIpc) is 2.28. The third-order valence-electron chi connectivity index (χ3n) is 3.35. The van der Waals surface area contributed by atoms with Crippen LogP contribution in [0.2, 0.25) is 0 Å². The maximum absolute atomic E-state index is 5.81. The van der Waals surface area contributed by atoms with E-state index >= 15 is 0 Å². The summed E-state index contributed by atoms with van der Waals surface area (Å²) in [6, 6.07) is 0. The summed E-state index contributed by atoms with van der Waals surface area (Å²) in [4.78, 5) is 0. The monoisotopic (exact) mass is 242 g/mol. The SMILES string of the molecule is CC(C)(C)CCCOCCOC1CCCCC1. The Morgan fingerprint density at radius 1 is 0.941 bits per heavy atom. The molecule has 0 aromatic heterocycles. The summed E-state index contributed by atoms with van der Waals surface area (Å²) in [5.74, 6) is 0. The molecule has 0 aromatic rings. The van der Waals surface area contributed by atoms with Gasteiger partial charge >= 0.3 is 0 Å². The van der Waals surface area contributed by atoms with E-state index in [1.807, 2.05) is 0 Å². The largest absolute Gasteiger partial charge is 0.379 e. The highest BCUT2D eigenvalue weighted by Gasteiger charge is 2.13. The van der Waals surface area contributed by atoms with Gasteiger partial charge in [-0.15, -0.1) is 0 Å². The first-order chi connectivity index (χ1) is 8.08. The van der Waals surface area contributed by atoms with E-state index in [9.17, 15) is 0 Å². The van der Waals surface area contributed by atoms with Gasteiger partial charge in [0.15, 0.2) is 0 Å². The first kappa shape index (κ1) is 15.0. The second-order valence-corrected chi connectivity index (χ2v) is 6.41. The zero-order valence-corrected chi connectivity index (χ0v) is 12.0. The van der Waals surface area contributed by atoms with Crippen molar-refractivity contribution in [3.05, 3.63) is 0 Å². The van der Waals surface area contributed by atoms with Crippen molar-refractivity contribution >= 4 is 0 Å². The summed E-state index contributed by atoms with van der Waals surface area (Å²) in [5.41, 5.74) is 0.432. The number of hydrogen-bond acceptors (Lipinski definition) is 2. The fourth-order valence-corrected chi connectivity index (χ4v) is 2.31. The van der Waals surface area contributed by atoms with Gasteiger partial charge in [0, 0.05) is 6.61 Å². The van der Waals surface area contributed by atoms with Gasteiger partial charge in [-0.3, -0.25) is 0 Å². The van der Waals surface area contributed by atoms with Crippen molar-refractivity contribution in [2.75, 3.05) is 19.8 Å². The highest BCUT2D eigenvalue weighted by Crippen LogP contribution is 2.21. The lowest BCUT2D eigenvalue weighted by Gasteiger charge is -2.22. The van der Waals surface area contributed by atoms with Crippen molar-refractivity contribution in [3.63, 3.8) is 0 Å². The van der Waals surface area contributed by atoms with Crippen LogP contribution in [0.4, 0.5) is 0 Å².